The number of halogens is 2. The minimum absolute atomic E-state index is 0.0578. The van der Waals surface area contributed by atoms with Crippen molar-refractivity contribution in [1.82, 2.24) is 9.80 Å². The third-order valence-electron chi connectivity index (χ3n) is 7.36. The van der Waals surface area contributed by atoms with E-state index in [0.717, 1.165) is 44.5 Å². The molecule has 204 valence electrons. The maximum Gasteiger partial charge on any atom is 0.254 e. The van der Waals surface area contributed by atoms with Crippen LogP contribution in [0.15, 0.2) is 30.3 Å². The molecule has 0 saturated carbocycles. The Hall–Kier alpha value is -2.15. The van der Waals surface area contributed by atoms with E-state index in [4.69, 9.17) is 37.4 Å². The van der Waals surface area contributed by atoms with Crippen molar-refractivity contribution in [2.24, 2.45) is 0 Å². The molecule has 0 bridgehead atoms. The van der Waals surface area contributed by atoms with Gasteiger partial charge in [0.05, 0.1) is 31.4 Å². The minimum Gasteiger partial charge on any atom is -0.493 e. The zero-order valence-electron chi connectivity index (χ0n) is 22.7. The SMILES string of the molecule is CCCCN(CCC)CC[C@]1(c2ccc(Cl)c(Cl)c2)CCN(C(=O)c2cc(OC)c(OC)c(OC)c2)C1. The molecule has 2 aromatic carbocycles. The molecule has 1 aliphatic rings. The van der Waals surface area contributed by atoms with Crippen LogP contribution in [0.5, 0.6) is 17.2 Å². The Morgan fingerprint density at radius 1 is 0.946 bits per heavy atom. The number of ether oxygens (including phenoxy) is 3. The van der Waals surface area contributed by atoms with E-state index in [1.807, 2.05) is 17.0 Å². The van der Waals surface area contributed by atoms with E-state index in [-0.39, 0.29) is 11.3 Å². The maximum absolute atomic E-state index is 13.7. The third kappa shape index (κ3) is 6.84. The van der Waals surface area contributed by atoms with Gasteiger partial charge in [-0.2, -0.15) is 0 Å². The predicted molar refractivity (Wildman–Crippen MR) is 151 cm³/mol. The van der Waals surface area contributed by atoms with Crippen LogP contribution in [0.2, 0.25) is 10.0 Å². The number of benzene rings is 2. The average Bonchev–Trinajstić information content (AvgIpc) is 3.36. The molecule has 3 rings (SSSR count). The number of carbonyl (C=O) groups excluding carboxylic acids is 1. The summed E-state index contributed by atoms with van der Waals surface area (Å²) in [6, 6.07) is 9.35. The lowest BCUT2D eigenvalue weighted by Crippen LogP contribution is -2.38. The van der Waals surface area contributed by atoms with Gasteiger partial charge < -0.3 is 24.0 Å². The van der Waals surface area contributed by atoms with Crippen LogP contribution < -0.4 is 14.2 Å². The second kappa shape index (κ2) is 13.6. The maximum atomic E-state index is 13.7. The normalized spacial score (nSPS) is 17.4. The molecular formula is C29H40Cl2N2O4. The van der Waals surface area contributed by atoms with Crippen LogP contribution in [0.25, 0.3) is 0 Å². The molecule has 1 amide bonds. The van der Waals surface area contributed by atoms with Crippen molar-refractivity contribution in [3.63, 3.8) is 0 Å². The number of methoxy groups -OCH3 is 3. The molecule has 2 aromatic rings. The van der Waals surface area contributed by atoms with E-state index in [0.29, 0.717) is 45.9 Å². The smallest absolute Gasteiger partial charge is 0.254 e. The Labute approximate surface area is 231 Å². The van der Waals surface area contributed by atoms with Crippen molar-refractivity contribution in [3.8, 4) is 17.2 Å². The molecule has 1 heterocycles. The number of unbranched alkanes of at least 4 members (excludes halogenated alkanes) is 1. The highest BCUT2D eigenvalue weighted by molar-refractivity contribution is 6.42. The van der Waals surface area contributed by atoms with E-state index < -0.39 is 0 Å². The number of amides is 1. The minimum atomic E-state index is -0.206. The van der Waals surface area contributed by atoms with Crippen LogP contribution in [0.4, 0.5) is 0 Å². The highest BCUT2D eigenvalue weighted by Gasteiger charge is 2.42. The van der Waals surface area contributed by atoms with Gasteiger partial charge in [0.25, 0.3) is 5.91 Å². The molecule has 0 aromatic heterocycles. The van der Waals surface area contributed by atoms with Crippen molar-refractivity contribution in [3.05, 3.63) is 51.5 Å². The van der Waals surface area contributed by atoms with E-state index in [9.17, 15) is 4.79 Å². The van der Waals surface area contributed by atoms with Crippen molar-refractivity contribution >= 4 is 29.1 Å². The fraction of sp³-hybridized carbons (Fsp3) is 0.552. The van der Waals surface area contributed by atoms with Crippen LogP contribution in [0.1, 0.15) is 61.9 Å². The van der Waals surface area contributed by atoms with Gasteiger partial charge in [-0.15, -0.1) is 0 Å². The lowest BCUT2D eigenvalue weighted by Gasteiger charge is -2.33. The van der Waals surface area contributed by atoms with Crippen LogP contribution in [-0.2, 0) is 5.41 Å². The van der Waals surface area contributed by atoms with Crippen LogP contribution >= 0.6 is 23.2 Å². The Morgan fingerprint density at radius 3 is 2.22 bits per heavy atom. The molecule has 1 atom stereocenters. The number of hydrogen-bond acceptors (Lipinski definition) is 5. The molecule has 8 heteroatoms. The van der Waals surface area contributed by atoms with Gasteiger partial charge in [0, 0.05) is 24.1 Å². The lowest BCUT2D eigenvalue weighted by molar-refractivity contribution is 0.0780. The molecule has 0 radical (unpaired) electrons. The summed E-state index contributed by atoms with van der Waals surface area (Å²) < 4.78 is 16.4. The molecule has 6 nitrogen and oxygen atoms in total. The Morgan fingerprint density at radius 2 is 1.65 bits per heavy atom. The van der Waals surface area contributed by atoms with E-state index >= 15 is 0 Å². The van der Waals surface area contributed by atoms with Gasteiger partial charge in [-0.1, -0.05) is 49.5 Å². The van der Waals surface area contributed by atoms with Gasteiger partial charge in [-0.3, -0.25) is 4.79 Å². The average molecular weight is 552 g/mol. The summed E-state index contributed by atoms with van der Waals surface area (Å²) in [4.78, 5) is 18.2. The standard InChI is InChI=1S/C29H40Cl2N2O4/c1-6-8-14-32(13-7-2)15-11-29(22-9-10-23(30)24(31)19-22)12-16-33(20-29)28(34)21-17-25(35-3)27(37-5)26(18-21)36-4/h9-10,17-19H,6-8,11-16,20H2,1-5H3/t29-/m0/s1. The number of hydrogen-bond donors (Lipinski definition) is 0. The van der Waals surface area contributed by atoms with Gasteiger partial charge in [-0.05, 0) is 75.1 Å². The van der Waals surface area contributed by atoms with Crippen molar-refractivity contribution in [2.75, 3.05) is 54.1 Å². The summed E-state index contributed by atoms with van der Waals surface area (Å²) in [5.41, 5.74) is 1.44. The topological polar surface area (TPSA) is 51.2 Å². The first kappa shape index (κ1) is 29.4. The third-order valence-corrected chi connectivity index (χ3v) is 8.10. The van der Waals surface area contributed by atoms with E-state index in [1.165, 1.54) is 12.8 Å². The molecule has 1 aliphatic heterocycles. The first-order valence-corrected chi connectivity index (χ1v) is 13.8. The summed E-state index contributed by atoms with van der Waals surface area (Å²) in [6.45, 7) is 8.85. The second-order valence-corrected chi connectivity index (χ2v) is 10.6. The van der Waals surface area contributed by atoms with Crippen molar-refractivity contribution in [1.29, 1.82) is 0 Å². The van der Waals surface area contributed by atoms with E-state index in [2.05, 4.69) is 24.8 Å². The highest BCUT2D eigenvalue weighted by atomic mass is 35.5. The van der Waals surface area contributed by atoms with Crippen LogP contribution in [0.3, 0.4) is 0 Å². The molecule has 37 heavy (non-hydrogen) atoms. The Balaban J connectivity index is 1.91. The van der Waals surface area contributed by atoms with E-state index in [1.54, 1.807) is 33.5 Å². The van der Waals surface area contributed by atoms with Gasteiger partial charge in [-0.25, -0.2) is 0 Å². The largest absolute Gasteiger partial charge is 0.493 e. The lowest BCUT2D eigenvalue weighted by atomic mass is 9.76. The van der Waals surface area contributed by atoms with Crippen LogP contribution in [-0.4, -0.2) is 69.8 Å². The van der Waals surface area contributed by atoms with Gasteiger partial charge >= 0.3 is 0 Å². The fourth-order valence-corrected chi connectivity index (χ4v) is 5.55. The number of likely N-dealkylation sites (tertiary alicyclic amines) is 1. The molecule has 0 aliphatic carbocycles. The molecule has 0 spiro atoms. The fourth-order valence-electron chi connectivity index (χ4n) is 5.25. The highest BCUT2D eigenvalue weighted by Crippen LogP contribution is 2.42. The molecule has 1 fully saturated rings. The molecule has 0 unspecified atom stereocenters. The summed E-state index contributed by atoms with van der Waals surface area (Å²) in [6.07, 6.45) is 5.28. The summed E-state index contributed by atoms with van der Waals surface area (Å²) in [5.74, 6) is 1.34. The first-order valence-electron chi connectivity index (χ1n) is 13.1. The summed E-state index contributed by atoms with van der Waals surface area (Å²) in [5, 5.41) is 1.09. The number of rotatable bonds is 13. The Bertz CT molecular complexity index is 1040. The Kier molecular flexibility index (Phi) is 10.8. The summed E-state index contributed by atoms with van der Waals surface area (Å²) >= 11 is 12.7. The van der Waals surface area contributed by atoms with Crippen molar-refractivity contribution in [2.45, 2.75) is 51.4 Å². The monoisotopic (exact) mass is 550 g/mol. The molecule has 1 saturated heterocycles. The van der Waals surface area contributed by atoms with Gasteiger partial charge in [0.1, 0.15) is 0 Å². The van der Waals surface area contributed by atoms with Crippen molar-refractivity contribution < 1.29 is 19.0 Å². The zero-order chi connectivity index (χ0) is 27.0. The zero-order valence-corrected chi connectivity index (χ0v) is 24.3. The van der Waals surface area contributed by atoms with Gasteiger partial charge in [0.15, 0.2) is 11.5 Å². The van der Waals surface area contributed by atoms with Gasteiger partial charge in [0.2, 0.25) is 5.75 Å². The molecule has 0 N–H and O–H groups in total. The number of nitrogens with zero attached hydrogens (tertiary/aromatic N) is 2. The number of carbonyl (C=O) groups is 1. The predicted octanol–water partition coefficient (Wildman–Crippen LogP) is 6.71. The van der Waals surface area contributed by atoms with Crippen LogP contribution in [0, 0.1) is 0 Å². The molecular weight excluding hydrogens is 511 g/mol. The first-order chi connectivity index (χ1) is 17.8. The second-order valence-electron chi connectivity index (χ2n) is 9.75. The summed E-state index contributed by atoms with van der Waals surface area (Å²) in [7, 11) is 4.66. The quantitative estimate of drug-likeness (QED) is 0.277.